The Bertz CT molecular complexity index is 920. The number of benzene rings is 1. The van der Waals surface area contributed by atoms with E-state index >= 15 is 0 Å². The second kappa shape index (κ2) is 8.76. The van der Waals surface area contributed by atoms with Crippen LogP contribution < -0.4 is 10.6 Å². The Kier molecular flexibility index (Phi) is 6.35. The van der Waals surface area contributed by atoms with Crippen LogP contribution in [0, 0.1) is 25.7 Å². The zero-order valence-corrected chi connectivity index (χ0v) is 20.1. The number of unbranched alkanes of at least 4 members (excludes halogenated alkanes) is 1. The topological polar surface area (TPSA) is 108 Å². The zero-order valence-electron chi connectivity index (χ0n) is 18.6. The predicted molar refractivity (Wildman–Crippen MR) is 122 cm³/mol. The van der Waals surface area contributed by atoms with Gasteiger partial charge in [0.05, 0.1) is 17.9 Å². The number of likely N-dealkylation sites (tertiary alicyclic amines) is 1. The van der Waals surface area contributed by atoms with Crippen LogP contribution in [0.15, 0.2) is 18.2 Å². The van der Waals surface area contributed by atoms with Gasteiger partial charge in [0.25, 0.3) is 0 Å². The number of hydrogen-bond donors (Lipinski definition) is 3. The van der Waals surface area contributed by atoms with Crippen molar-refractivity contribution in [3.8, 4) is 0 Å². The zero-order chi connectivity index (χ0) is 23.2. The smallest absolute Gasteiger partial charge is 0.250 e. The number of ether oxygens (including phenoxy) is 1. The maximum Gasteiger partial charge on any atom is 0.250 e. The maximum atomic E-state index is 13.7. The number of carbonyl (C=O) groups is 3. The summed E-state index contributed by atoms with van der Waals surface area (Å²) in [6.07, 6.45) is 1.10. The Balaban J connectivity index is 1.73. The molecule has 3 heterocycles. The maximum absolute atomic E-state index is 13.7. The minimum Gasteiger partial charge on any atom is -0.396 e. The fourth-order valence-electron chi connectivity index (χ4n) is 5.73. The molecule has 1 aromatic carbocycles. The van der Waals surface area contributed by atoms with E-state index in [0.717, 1.165) is 16.8 Å². The molecule has 1 spiro atoms. The standard InChI is InChI=1S/C23H30BrN3O5/c1-12-7-6-8-13(2)17(12)26-21(30)19-23-11-14(24)18(32-23)15(20(29)25-3)16(23)22(31)27(19)9-4-5-10-28/h6-8,14-16,18-19,28H,4-5,9-11H2,1-3H3,(H,25,29)(H,26,30)/t14?,15-,16-,18-,19?,23?/m0/s1. The number of halogens is 1. The van der Waals surface area contributed by atoms with Crippen LogP contribution in [0.3, 0.4) is 0 Å². The van der Waals surface area contributed by atoms with E-state index in [2.05, 4.69) is 26.6 Å². The first-order chi connectivity index (χ1) is 15.3. The molecule has 0 radical (unpaired) electrons. The van der Waals surface area contributed by atoms with Crippen LogP contribution >= 0.6 is 15.9 Å². The van der Waals surface area contributed by atoms with Gasteiger partial charge in [-0.1, -0.05) is 34.1 Å². The van der Waals surface area contributed by atoms with E-state index in [1.165, 1.54) is 0 Å². The lowest BCUT2D eigenvalue weighted by Crippen LogP contribution is -2.54. The molecular weight excluding hydrogens is 478 g/mol. The number of carbonyl (C=O) groups excluding carboxylic acids is 3. The van der Waals surface area contributed by atoms with Gasteiger partial charge in [0.1, 0.15) is 11.6 Å². The van der Waals surface area contributed by atoms with Crippen molar-refractivity contribution in [2.75, 3.05) is 25.5 Å². The SMILES string of the molecule is CNC(=O)[C@H]1[C@H]2C(=O)N(CCCCO)C(C(=O)Nc3c(C)cccc3C)C23CC(Br)[C@@H]1O3. The fourth-order valence-corrected chi connectivity index (χ4v) is 6.68. The van der Waals surface area contributed by atoms with E-state index in [0.29, 0.717) is 25.8 Å². The molecule has 32 heavy (non-hydrogen) atoms. The minimum absolute atomic E-state index is 0.0127. The van der Waals surface area contributed by atoms with Gasteiger partial charge in [-0.15, -0.1) is 0 Å². The highest BCUT2D eigenvalue weighted by Gasteiger charge is 2.76. The van der Waals surface area contributed by atoms with Crippen LogP contribution in [-0.4, -0.2) is 70.5 Å². The van der Waals surface area contributed by atoms with E-state index in [1.807, 2.05) is 32.0 Å². The average Bonchev–Trinajstić information content (AvgIpc) is 3.34. The summed E-state index contributed by atoms with van der Waals surface area (Å²) in [5, 5.41) is 14.9. The molecule has 2 bridgehead atoms. The molecule has 0 aromatic heterocycles. The first-order valence-corrected chi connectivity index (χ1v) is 12.0. The van der Waals surface area contributed by atoms with Gasteiger partial charge in [0.2, 0.25) is 17.7 Å². The van der Waals surface area contributed by atoms with E-state index in [-0.39, 0.29) is 29.2 Å². The number of hydrogen-bond acceptors (Lipinski definition) is 5. The molecule has 4 rings (SSSR count). The number of amides is 3. The molecular formula is C23H30BrN3O5. The second-order valence-corrected chi connectivity index (χ2v) is 10.2. The molecule has 3 fully saturated rings. The van der Waals surface area contributed by atoms with Gasteiger partial charge in [-0.3, -0.25) is 14.4 Å². The molecule has 3 amide bonds. The summed E-state index contributed by atoms with van der Waals surface area (Å²) < 4.78 is 6.39. The van der Waals surface area contributed by atoms with E-state index in [4.69, 9.17) is 4.74 Å². The number of nitrogens with zero attached hydrogens (tertiary/aromatic N) is 1. The third kappa shape index (κ3) is 3.45. The largest absolute Gasteiger partial charge is 0.396 e. The van der Waals surface area contributed by atoms with Gasteiger partial charge < -0.3 is 25.4 Å². The summed E-state index contributed by atoms with van der Waals surface area (Å²) in [6, 6.07) is 4.94. The highest BCUT2D eigenvalue weighted by molar-refractivity contribution is 9.09. The molecule has 174 valence electrons. The number of aliphatic hydroxyl groups excluding tert-OH is 1. The first-order valence-electron chi connectivity index (χ1n) is 11.1. The highest BCUT2D eigenvalue weighted by Crippen LogP contribution is 2.60. The first kappa shape index (κ1) is 23.2. The lowest BCUT2D eigenvalue weighted by molar-refractivity contribution is -0.140. The number of nitrogens with one attached hydrogen (secondary N) is 2. The number of rotatable bonds is 7. The van der Waals surface area contributed by atoms with Gasteiger partial charge >= 0.3 is 0 Å². The Morgan fingerprint density at radius 1 is 1.25 bits per heavy atom. The predicted octanol–water partition coefficient (Wildman–Crippen LogP) is 1.51. The van der Waals surface area contributed by atoms with E-state index < -0.39 is 29.6 Å². The molecule has 1 aromatic rings. The monoisotopic (exact) mass is 507 g/mol. The summed E-state index contributed by atoms with van der Waals surface area (Å²) in [5.41, 5.74) is 1.53. The molecule has 3 aliphatic rings. The average molecular weight is 508 g/mol. The number of aryl methyl sites for hydroxylation is 2. The van der Waals surface area contributed by atoms with Crippen LogP contribution in [0.4, 0.5) is 5.69 Å². The summed E-state index contributed by atoms with van der Waals surface area (Å²) in [6.45, 7) is 4.19. The number of anilines is 1. The Labute approximate surface area is 196 Å². The third-order valence-corrected chi connectivity index (χ3v) is 7.97. The molecule has 3 N–H and O–H groups in total. The molecule has 3 aliphatic heterocycles. The van der Waals surface area contributed by atoms with Crippen molar-refractivity contribution >= 4 is 39.3 Å². The highest BCUT2D eigenvalue weighted by atomic mass is 79.9. The van der Waals surface area contributed by atoms with Crippen molar-refractivity contribution in [2.24, 2.45) is 11.8 Å². The van der Waals surface area contributed by atoms with Crippen molar-refractivity contribution in [1.29, 1.82) is 0 Å². The second-order valence-electron chi connectivity index (χ2n) is 9.00. The van der Waals surface area contributed by atoms with Gasteiger partial charge in [-0.25, -0.2) is 0 Å². The lowest BCUT2D eigenvalue weighted by Gasteiger charge is -2.34. The van der Waals surface area contributed by atoms with E-state index in [1.54, 1.807) is 11.9 Å². The molecule has 6 atom stereocenters. The summed E-state index contributed by atoms with van der Waals surface area (Å²) in [5.74, 6) is -2.13. The Morgan fingerprint density at radius 2 is 1.94 bits per heavy atom. The molecule has 0 saturated carbocycles. The number of para-hydroxylation sites is 1. The normalized spacial score (nSPS) is 32.8. The molecule has 0 aliphatic carbocycles. The van der Waals surface area contributed by atoms with Crippen molar-refractivity contribution in [1.82, 2.24) is 10.2 Å². The van der Waals surface area contributed by atoms with Crippen molar-refractivity contribution in [2.45, 2.75) is 55.7 Å². The third-order valence-electron chi connectivity index (χ3n) is 7.12. The number of fused-ring (bicyclic) bond motifs is 1. The van der Waals surface area contributed by atoms with Crippen LogP contribution in [0.2, 0.25) is 0 Å². The van der Waals surface area contributed by atoms with E-state index in [9.17, 15) is 19.5 Å². The molecule has 9 heteroatoms. The number of aliphatic hydroxyl groups is 1. The molecule has 8 nitrogen and oxygen atoms in total. The van der Waals surface area contributed by atoms with Crippen LogP contribution in [0.5, 0.6) is 0 Å². The molecule has 3 unspecified atom stereocenters. The van der Waals surface area contributed by atoms with Crippen LogP contribution in [-0.2, 0) is 19.1 Å². The van der Waals surface area contributed by atoms with Gasteiger partial charge in [-0.2, -0.15) is 0 Å². The molecule has 3 saturated heterocycles. The van der Waals surface area contributed by atoms with Crippen molar-refractivity contribution in [3.63, 3.8) is 0 Å². The summed E-state index contributed by atoms with van der Waals surface area (Å²) in [7, 11) is 1.55. The van der Waals surface area contributed by atoms with Gasteiger partial charge in [0, 0.05) is 30.7 Å². The summed E-state index contributed by atoms with van der Waals surface area (Å²) >= 11 is 3.64. The summed E-state index contributed by atoms with van der Waals surface area (Å²) in [4.78, 5) is 41.5. The minimum atomic E-state index is -1.06. The van der Waals surface area contributed by atoms with Crippen molar-refractivity contribution in [3.05, 3.63) is 29.3 Å². The van der Waals surface area contributed by atoms with Crippen molar-refractivity contribution < 1.29 is 24.2 Å². The Hall–Kier alpha value is -1.97. The Morgan fingerprint density at radius 3 is 2.56 bits per heavy atom. The quantitative estimate of drug-likeness (QED) is 0.383. The lowest BCUT2D eigenvalue weighted by atomic mass is 9.70. The number of alkyl halides is 1. The fraction of sp³-hybridized carbons (Fsp3) is 0.609. The van der Waals surface area contributed by atoms with Gasteiger partial charge in [0.15, 0.2) is 0 Å². The van der Waals surface area contributed by atoms with Gasteiger partial charge in [-0.05, 0) is 44.2 Å². The van der Waals surface area contributed by atoms with Crippen LogP contribution in [0.25, 0.3) is 0 Å². The van der Waals surface area contributed by atoms with Crippen LogP contribution in [0.1, 0.15) is 30.4 Å².